The van der Waals surface area contributed by atoms with Gasteiger partial charge in [0.05, 0.1) is 13.2 Å². The molecule has 0 radical (unpaired) electrons. The highest BCUT2D eigenvalue weighted by atomic mass is 35.5. The van der Waals surface area contributed by atoms with E-state index in [2.05, 4.69) is 5.32 Å². The monoisotopic (exact) mass is 368 g/mol. The molecule has 0 saturated heterocycles. The molecule has 0 saturated carbocycles. The molecule has 0 fully saturated rings. The Morgan fingerprint density at radius 3 is 2.38 bits per heavy atom. The van der Waals surface area contributed by atoms with Crippen molar-refractivity contribution < 1.29 is 17.9 Å². The van der Waals surface area contributed by atoms with Crippen LogP contribution in [0, 0.1) is 0 Å². The van der Waals surface area contributed by atoms with E-state index in [-0.39, 0.29) is 22.3 Å². The molecule has 2 aromatic rings. The van der Waals surface area contributed by atoms with E-state index in [0.717, 1.165) is 5.56 Å². The number of halogens is 1. The van der Waals surface area contributed by atoms with Crippen LogP contribution in [0.25, 0.3) is 0 Å². The maximum atomic E-state index is 12.4. The molecule has 2 aromatic carbocycles. The molecule has 1 atom stereocenters. The summed E-state index contributed by atoms with van der Waals surface area (Å²) in [6.07, 6.45) is 0. The number of sulfonamides is 1. The zero-order valence-electron chi connectivity index (χ0n) is 13.1. The van der Waals surface area contributed by atoms with Gasteiger partial charge in [-0.3, -0.25) is 4.79 Å². The largest absolute Gasteiger partial charge is 0.495 e. The molecule has 3 N–H and O–H groups in total. The average Bonchev–Trinajstić information content (AvgIpc) is 2.53. The summed E-state index contributed by atoms with van der Waals surface area (Å²) >= 11 is 5.84. The van der Waals surface area contributed by atoms with Gasteiger partial charge in [0.25, 0.3) is 5.91 Å². The van der Waals surface area contributed by atoms with Gasteiger partial charge < -0.3 is 10.1 Å². The number of benzene rings is 2. The average molecular weight is 369 g/mol. The van der Waals surface area contributed by atoms with Crippen molar-refractivity contribution in [3.8, 4) is 5.75 Å². The number of primary sulfonamides is 1. The summed E-state index contributed by atoms with van der Waals surface area (Å²) in [6, 6.07) is 10.8. The first-order valence-electron chi connectivity index (χ1n) is 6.99. The van der Waals surface area contributed by atoms with E-state index in [0.29, 0.717) is 5.02 Å². The number of hydrogen-bond acceptors (Lipinski definition) is 4. The van der Waals surface area contributed by atoms with E-state index in [4.69, 9.17) is 21.5 Å². The molecule has 0 unspecified atom stereocenters. The van der Waals surface area contributed by atoms with Gasteiger partial charge in [-0.1, -0.05) is 23.7 Å². The van der Waals surface area contributed by atoms with Gasteiger partial charge >= 0.3 is 0 Å². The topological polar surface area (TPSA) is 98.5 Å². The zero-order chi connectivity index (χ0) is 17.9. The lowest BCUT2D eigenvalue weighted by molar-refractivity contribution is 0.0939. The van der Waals surface area contributed by atoms with Crippen molar-refractivity contribution in [2.75, 3.05) is 7.11 Å². The molecule has 8 heteroatoms. The Kier molecular flexibility index (Phi) is 5.48. The quantitative estimate of drug-likeness (QED) is 0.846. The number of hydrogen-bond donors (Lipinski definition) is 2. The SMILES string of the molecule is COc1ccc(C(=O)N[C@@H](C)c2ccc(Cl)cc2)cc1S(N)(=O)=O. The predicted octanol–water partition coefficient (Wildman–Crippen LogP) is 2.49. The van der Waals surface area contributed by atoms with Gasteiger partial charge in [0.2, 0.25) is 10.0 Å². The van der Waals surface area contributed by atoms with Gasteiger partial charge in [-0.2, -0.15) is 0 Å². The molecule has 0 bridgehead atoms. The molecule has 0 aliphatic rings. The Morgan fingerprint density at radius 2 is 1.83 bits per heavy atom. The maximum Gasteiger partial charge on any atom is 0.251 e. The lowest BCUT2D eigenvalue weighted by Crippen LogP contribution is -2.27. The first-order valence-corrected chi connectivity index (χ1v) is 8.92. The van der Waals surface area contributed by atoms with Crippen LogP contribution in [0.2, 0.25) is 5.02 Å². The van der Waals surface area contributed by atoms with E-state index in [1.165, 1.54) is 25.3 Å². The Labute approximate surface area is 145 Å². The van der Waals surface area contributed by atoms with Crippen molar-refractivity contribution in [1.82, 2.24) is 5.32 Å². The van der Waals surface area contributed by atoms with Gasteiger partial charge in [0.1, 0.15) is 10.6 Å². The van der Waals surface area contributed by atoms with Crippen LogP contribution >= 0.6 is 11.6 Å². The molecule has 0 aromatic heterocycles. The van der Waals surface area contributed by atoms with Crippen LogP contribution < -0.4 is 15.2 Å². The van der Waals surface area contributed by atoms with Crippen molar-refractivity contribution in [2.45, 2.75) is 17.9 Å². The second-order valence-corrected chi connectivity index (χ2v) is 7.12. The third-order valence-electron chi connectivity index (χ3n) is 3.45. The van der Waals surface area contributed by atoms with Crippen LogP contribution in [0.4, 0.5) is 0 Å². The van der Waals surface area contributed by atoms with E-state index < -0.39 is 15.9 Å². The first-order chi connectivity index (χ1) is 11.2. The van der Waals surface area contributed by atoms with Gasteiger partial charge in [0, 0.05) is 10.6 Å². The number of amides is 1. The predicted molar refractivity (Wildman–Crippen MR) is 91.7 cm³/mol. The van der Waals surface area contributed by atoms with Gasteiger partial charge in [-0.05, 0) is 42.8 Å². The fourth-order valence-electron chi connectivity index (χ4n) is 2.16. The van der Waals surface area contributed by atoms with Crippen LogP contribution in [0.15, 0.2) is 47.4 Å². The smallest absolute Gasteiger partial charge is 0.251 e. The highest BCUT2D eigenvalue weighted by Gasteiger charge is 2.19. The van der Waals surface area contributed by atoms with Crippen molar-refractivity contribution in [2.24, 2.45) is 5.14 Å². The fourth-order valence-corrected chi connectivity index (χ4v) is 3.00. The molecule has 6 nitrogen and oxygen atoms in total. The van der Waals surface area contributed by atoms with Crippen LogP contribution in [-0.2, 0) is 10.0 Å². The number of nitrogens with two attached hydrogens (primary N) is 1. The van der Waals surface area contributed by atoms with E-state index in [1.54, 1.807) is 24.3 Å². The minimum absolute atomic E-state index is 0.0831. The zero-order valence-corrected chi connectivity index (χ0v) is 14.7. The summed E-state index contributed by atoms with van der Waals surface area (Å²) in [6.45, 7) is 1.81. The van der Waals surface area contributed by atoms with Crippen LogP contribution in [0.5, 0.6) is 5.75 Å². The summed E-state index contributed by atoms with van der Waals surface area (Å²) in [5, 5.41) is 8.55. The van der Waals surface area contributed by atoms with Crippen molar-refractivity contribution in [1.29, 1.82) is 0 Å². The van der Waals surface area contributed by atoms with Gasteiger partial charge in [-0.15, -0.1) is 0 Å². The lowest BCUT2D eigenvalue weighted by atomic mass is 10.1. The molecule has 1 amide bonds. The normalized spacial score (nSPS) is 12.5. The maximum absolute atomic E-state index is 12.4. The molecule has 0 aliphatic heterocycles. The standard InChI is InChI=1S/C16H17ClN2O4S/c1-10(11-3-6-13(17)7-4-11)19-16(20)12-5-8-14(23-2)15(9-12)24(18,21)22/h3-10H,1-2H3,(H,19,20)(H2,18,21,22)/t10-/m0/s1. The summed E-state index contributed by atoms with van der Waals surface area (Å²) in [5.41, 5.74) is 1.04. The highest BCUT2D eigenvalue weighted by molar-refractivity contribution is 7.89. The van der Waals surface area contributed by atoms with Crippen molar-refractivity contribution >= 4 is 27.5 Å². The molecule has 24 heavy (non-hydrogen) atoms. The van der Waals surface area contributed by atoms with Crippen LogP contribution in [0.3, 0.4) is 0 Å². The highest BCUT2D eigenvalue weighted by Crippen LogP contribution is 2.24. The minimum Gasteiger partial charge on any atom is -0.495 e. The molecule has 0 aliphatic carbocycles. The first kappa shape index (κ1) is 18.3. The third kappa shape index (κ3) is 4.25. The van der Waals surface area contributed by atoms with E-state index >= 15 is 0 Å². The van der Waals surface area contributed by atoms with Crippen molar-refractivity contribution in [3.05, 3.63) is 58.6 Å². The van der Waals surface area contributed by atoms with E-state index in [9.17, 15) is 13.2 Å². The molecular formula is C16H17ClN2O4S. The number of methoxy groups -OCH3 is 1. The Morgan fingerprint density at radius 1 is 1.21 bits per heavy atom. The van der Waals surface area contributed by atoms with Crippen molar-refractivity contribution in [3.63, 3.8) is 0 Å². The third-order valence-corrected chi connectivity index (χ3v) is 4.63. The summed E-state index contributed by atoms with van der Waals surface area (Å²) in [5.74, 6) is -0.343. The number of carbonyl (C=O) groups excluding carboxylic acids is 1. The number of carbonyl (C=O) groups is 1. The van der Waals surface area contributed by atoms with Gasteiger partial charge in [0.15, 0.2) is 0 Å². The van der Waals surface area contributed by atoms with E-state index in [1.807, 2.05) is 6.92 Å². The fraction of sp³-hybridized carbons (Fsp3) is 0.188. The molecule has 2 rings (SSSR count). The lowest BCUT2D eigenvalue weighted by Gasteiger charge is -2.15. The van der Waals surface area contributed by atoms with Gasteiger partial charge in [-0.25, -0.2) is 13.6 Å². The number of rotatable bonds is 5. The summed E-state index contributed by atoms with van der Waals surface area (Å²) in [4.78, 5) is 12.1. The van der Waals surface area contributed by atoms with Crippen LogP contribution in [0.1, 0.15) is 28.9 Å². The number of nitrogens with one attached hydrogen (secondary N) is 1. The van der Waals surface area contributed by atoms with Crippen LogP contribution in [-0.4, -0.2) is 21.4 Å². The Bertz CT molecular complexity index is 851. The molecule has 0 heterocycles. The second-order valence-electron chi connectivity index (χ2n) is 5.16. The Balaban J connectivity index is 2.25. The molecule has 128 valence electrons. The minimum atomic E-state index is -4.01. The summed E-state index contributed by atoms with van der Waals surface area (Å²) < 4.78 is 28.2. The number of ether oxygens (including phenoxy) is 1. The molecule has 0 spiro atoms. The second kappa shape index (κ2) is 7.21. The molecular weight excluding hydrogens is 352 g/mol. The summed E-state index contributed by atoms with van der Waals surface area (Å²) in [7, 11) is -2.68. The Hall–Kier alpha value is -2.09.